The largest absolute Gasteiger partial charge is 0.497 e. The average Bonchev–Trinajstić information content (AvgIpc) is 2.97. The van der Waals surface area contributed by atoms with E-state index in [1.807, 2.05) is 31.2 Å². The summed E-state index contributed by atoms with van der Waals surface area (Å²) in [6, 6.07) is 11.5. The number of nitrogens with zero attached hydrogens (tertiary/aromatic N) is 3. The lowest BCUT2D eigenvalue weighted by atomic mass is 10.0. The first kappa shape index (κ1) is 30.8. The van der Waals surface area contributed by atoms with E-state index in [2.05, 4.69) is 16.7 Å². The standard InChI is InChI=1S/C30H39N3O7S/c1-22-18-33(23(2)21-34)41(36,37)29-11-10-25(9-8-24-6-5-7-26(16-24)38-4)17-27(29)40-28(22)19-31(3)30(35)20-32-12-14-39-15-13-32/h5-7,10-11,16-17,22-23,28,34H,12-15,18-21H2,1-4H3/t22-,23+,28-/m1/s1. The molecule has 0 saturated carbocycles. The van der Waals surface area contributed by atoms with Crippen LogP contribution in [0.4, 0.5) is 0 Å². The van der Waals surface area contributed by atoms with Gasteiger partial charge in [0.15, 0.2) is 0 Å². The lowest BCUT2D eigenvalue weighted by Crippen LogP contribution is -2.51. The Hall–Kier alpha value is -3.14. The predicted molar refractivity (Wildman–Crippen MR) is 154 cm³/mol. The van der Waals surface area contributed by atoms with Crippen LogP contribution in [-0.2, 0) is 19.6 Å². The van der Waals surface area contributed by atoms with Crippen LogP contribution in [0.1, 0.15) is 25.0 Å². The zero-order chi connectivity index (χ0) is 29.6. The van der Waals surface area contributed by atoms with E-state index in [4.69, 9.17) is 14.2 Å². The molecule has 1 N–H and O–H groups in total. The van der Waals surface area contributed by atoms with Crippen LogP contribution in [0.25, 0.3) is 0 Å². The molecule has 10 nitrogen and oxygen atoms in total. The monoisotopic (exact) mass is 585 g/mol. The van der Waals surface area contributed by atoms with Crippen LogP contribution in [0.5, 0.6) is 11.5 Å². The summed E-state index contributed by atoms with van der Waals surface area (Å²) in [5.41, 5.74) is 1.33. The summed E-state index contributed by atoms with van der Waals surface area (Å²) < 4.78 is 45.9. The number of hydrogen-bond acceptors (Lipinski definition) is 8. The van der Waals surface area contributed by atoms with Crippen molar-refractivity contribution in [1.29, 1.82) is 0 Å². The lowest BCUT2D eigenvalue weighted by Gasteiger charge is -2.38. The molecular weight excluding hydrogens is 546 g/mol. The van der Waals surface area contributed by atoms with Crippen LogP contribution < -0.4 is 9.47 Å². The molecular formula is C30H39N3O7S. The van der Waals surface area contributed by atoms with Gasteiger partial charge in [0.2, 0.25) is 15.9 Å². The number of amides is 1. The maximum atomic E-state index is 13.7. The molecule has 222 valence electrons. The first-order chi connectivity index (χ1) is 19.6. The number of morpholine rings is 1. The molecule has 41 heavy (non-hydrogen) atoms. The van der Waals surface area contributed by atoms with E-state index >= 15 is 0 Å². The second-order valence-electron chi connectivity index (χ2n) is 10.5. The minimum Gasteiger partial charge on any atom is -0.497 e. The van der Waals surface area contributed by atoms with Crippen LogP contribution in [0.15, 0.2) is 47.4 Å². The molecule has 0 spiro atoms. The molecule has 1 amide bonds. The number of carbonyl (C=O) groups excluding carboxylic acids is 1. The van der Waals surface area contributed by atoms with Gasteiger partial charge in [-0.2, -0.15) is 4.31 Å². The Bertz CT molecular complexity index is 1380. The summed E-state index contributed by atoms with van der Waals surface area (Å²) in [5.74, 6) is 6.71. The summed E-state index contributed by atoms with van der Waals surface area (Å²) in [6.07, 6.45) is -0.502. The van der Waals surface area contributed by atoms with E-state index < -0.39 is 22.2 Å². The van der Waals surface area contributed by atoms with Crippen LogP contribution in [0.3, 0.4) is 0 Å². The third kappa shape index (κ3) is 7.58. The molecule has 0 aliphatic carbocycles. The SMILES string of the molecule is COc1cccc(C#Cc2ccc3c(c2)O[C@H](CN(C)C(=O)CN2CCOCC2)[C@H](C)CN([C@@H](C)CO)S3(=O)=O)c1. The average molecular weight is 586 g/mol. The molecule has 0 bridgehead atoms. The molecule has 0 unspecified atom stereocenters. The van der Waals surface area contributed by atoms with Gasteiger partial charge in [-0.3, -0.25) is 9.69 Å². The number of aliphatic hydroxyl groups is 1. The smallest absolute Gasteiger partial charge is 0.247 e. The number of aliphatic hydroxyl groups excluding tert-OH is 1. The van der Waals surface area contributed by atoms with Gasteiger partial charge in [0.05, 0.1) is 40.0 Å². The fraction of sp³-hybridized carbons (Fsp3) is 0.500. The molecule has 2 heterocycles. The van der Waals surface area contributed by atoms with Crippen molar-refractivity contribution in [2.45, 2.75) is 30.9 Å². The Morgan fingerprint density at radius 3 is 2.56 bits per heavy atom. The normalized spacial score (nSPS) is 21.7. The summed E-state index contributed by atoms with van der Waals surface area (Å²) in [6.45, 7) is 6.55. The lowest BCUT2D eigenvalue weighted by molar-refractivity contribution is -0.133. The van der Waals surface area contributed by atoms with Crippen LogP contribution >= 0.6 is 0 Å². The van der Waals surface area contributed by atoms with Crippen LogP contribution in [-0.4, -0.2) is 112 Å². The molecule has 2 aromatic rings. The summed E-state index contributed by atoms with van der Waals surface area (Å²) in [5, 5.41) is 9.88. The predicted octanol–water partition coefficient (Wildman–Crippen LogP) is 1.65. The van der Waals surface area contributed by atoms with Gasteiger partial charge in [-0.25, -0.2) is 8.42 Å². The van der Waals surface area contributed by atoms with Crippen LogP contribution in [0.2, 0.25) is 0 Å². The van der Waals surface area contributed by atoms with Gasteiger partial charge in [0, 0.05) is 49.8 Å². The maximum absolute atomic E-state index is 13.7. The summed E-state index contributed by atoms with van der Waals surface area (Å²) in [4.78, 5) is 16.8. The molecule has 2 aliphatic rings. The molecule has 11 heteroatoms. The fourth-order valence-corrected chi connectivity index (χ4v) is 6.64. The third-order valence-corrected chi connectivity index (χ3v) is 9.45. The van der Waals surface area contributed by atoms with Crippen molar-refractivity contribution < 1.29 is 32.5 Å². The molecule has 2 aliphatic heterocycles. The van der Waals surface area contributed by atoms with Crippen molar-refractivity contribution in [2.24, 2.45) is 5.92 Å². The Morgan fingerprint density at radius 2 is 1.88 bits per heavy atom. The highest BCUT2D eigenvalue weighted by Crippen LogP contribution is 2.34. The maximum Gasteiger partial charge on any atom is 0.247 e. The number of likely N-dealkylation sites (N-methyl/N-ethyl adjacent to an activating group) is 1. The van der Waals surface area contributed by atoms with Crippen molar-refractivity contribution in [3.8, 4) is 23.3 Å². The van der Waals surface area contributed by atoms with Gasteiger partial charge in [-0.05, 0) is 43.3 Å². The topological polar surface area (TPSA) is 109 Å². The molecule has 0 aromatic heterocycles. The van der Waals surface area contributed by atoms with Crippen molar-refractivity contribution in [3.63, 3.8) is 0 Å². The van der Waals surface area contributed by atoms with E-state index in [1.54, 1.807) is 38.1 Å². The van der Waals surface area contributed by atoms with Gasteiger partial charge in [-0.1, -0.05) is 24.8 Å². The van der Waals surface area contributed by atoms with Gasteiger partial charge >= 0.3 is 0 Å². The number of fused-ring (bicyclic) bond motifs is 1. The van der Waals surface area contributed by atoms with E-state index in [9.17, 15) is 18.3 Å². The quantitative estimate of drug-likeness (QED) is 0.489. The number of hydrogen-bond donors (Lipinski definition) is 1. The second-order valence-corrected chi connectivity index (χ2v) is 12.4. The van der Waals surface area contributed by atoms with Crippen molar-refractivity contribution in [3.05, 3.63) is 53.6 Å². The van der Waals surface area contributed by atoms with E-state index in [1.165, 1.54) is 10.4 Å². The summed E-state index contributed by atoms with van der Waals surface area (Å²) in [7, 11) is -0.658. The third-order valence-electron chi connectivity index (χ3n) is 7.43. The Kier molecular flexibility index (Phi) is 10.3. The van der Waals surface area contributed by atoms with E-state index in [0.29, 0.717) is 37.6 Å². The minimum atomic E-state index is -3.98. The molecule has 3 atom stereocenters. The molecule has 2 aromatic carbocycles. The Balaban J connectivity index is 1.65. The van der Waals surface area contributed by atoms with Gasteiger partial charge in [0.1, 0.15) is 22.5 Å². The number of benzene rings is 2. The fourth-order valence-electron chi connectivity index (χ4n) is 4.81. The van der Waals surface area contributed by atoms with E-state index in [-0.39, 0.29) is 48.7 Å². The Morgan fingerprint density at radius 1 is 1.17 bits per heavy atom. The minimum absolute atomic E-state index is 0.00364. The number of methoxy groups -OCH3 is 1. The highest BCUT2D eigenvalue weighted by atomic mass is 32.2. The van der Waals surface area contributed by atoms with Crippen molar-refractivity contribution in [1.82, 2.24) is 14.1 Å². The first-order valence-electron chi connectivity index (χ1n) is 13.8. The molecule has 1 fully saturated rings. The first-order valence-corrected chi connectivity index (χ1v) is 15.2. The highest BCUT2D eigenvalue weighted by Gasteiger charge is 2.38. The molecule has 0 radical (unpaired) electrons. The number of sulfonamides is 1. The van der Waals surface area contributed by atoms with Crippen molar-refractivity contribution in [2.75, 3.05) is 66.7 Å². The zero-order valence-electron chi connectivity index (χ0n) is 24.1. The summed E-state index contributed by atoms with van der Waals surface area (Å²) >= 11 is 0. The second kappa shape index (κ2) is 13.7. The number of rotatable bonds is 7. The van der Waals surface area contributed by atoms with Gasteiger partial charge in [-0.15, -0.1) is 0 Å². The molecule has 4 rings (SSSR count). The number of ether oxygens (including phenoxy) is 3. The van der Waals surface area contributed by atoms with Crippen LogP contribution in [0, 0.1) is 17.8 Å². The highest BCUT2D eigenvalue weighted by molar-refractivity contribution is 7.89. The Labute approximate surface area is 242 Å². The van der Waals surface area contributed by atoms with Crippen molar-refractivity contribution >= 4 is 15.9 Å². The molecule has 1 saturated heterocycles. The van der Waals surface area contributed by atoms with E-state index in [0.717, 1.165) is 5.56 Å². The van der Waals surface area contributed by atoms with Gasteiger partial charge < -0.3 is 24.2 Å². The number of carbonyl (C=O) groups is 1. The zero-order valence-corrected chi connectivity index (χ0v) is 24.9. The van der Waals surface area contributed by atoms with Gasteiger partial charge in [0.25, 0.3) is 0 Å².